The van der Waals surface area contributed by atoms with Crippen molar-refractivity contribution in [3.8, 4) is 0 Å². The highest BCUT2D eigenvalue weighted by Gasteiger charge is 2.15. The zero-order valence-corrected chi connectivity index (χ0v) is 15.4. The smallest absolute Gasteiger partial charge is 0.307 e. The Hall–Kier alpha value is -1.88. The van der Waals surface area contributed by atoms with Crippen LogP contribution < -0.4 is 0 Å². The molecule has 0 bridgehead atoms. The fourth-order valence-corrected chi connectivity index (χ4v) is 2.37. The van der Waals surface area contributed by atoms with Crippen LogP contribution in [-0.2, 0) is 20.7 Å². The number of rotatable bonds is 10. The van der Waals surface area contributed by atoms with Gasteiger partial charge in [-0.05, 0) is 39.4 Å². The molecule has 0 saturated carbocycles. The fourth-order valence-electron chi connectivity index (χ4n) is 2.37. The molecule has 1 rings (SSSR count). The topological polar surface area (TPSA) is 49.9 Å². The van der Waals surface area contributed by atoms with Crippen LogP contribution in [0, 0.1) is 6.92 Å². The van der Waals surface area contributed by atoms with E-state index in [1.807, 2.05) is 19.0 Å². The maximum Gasteiger partial charge on any atom is 0.307 e. The van der Waals surface area contributed by atoms with Crippen LogP contribution in [0.1, 0.15) is 30.4 Å². The molecule has 0 radical (unpaired) electrons. The molecule has 0 aliphatic carbocycles. The second kappa shape index (κ2) is 10.8. The number of hydrogen-bond donors (Lipinski definition) is 0. The third-order valence-electron chi connectivity index (χ3n) is 3.96. The quantitative estimate of drug-likeness (QED) is 0.616. The first-order chi connectivity index (χ1) is 11.4. The van der Waals surface area contributed by atoms with Crippen molar-refractivity contribution in [1.82, 2.24) is 9.80 Å². The molecule has 1 aromatic rings. The van der Waals surface area contributed by atoms with Gasteiger partial charge in [0.15, 0.2) is 0 Å². The Morgan fingerprint density at radius 2 is 1.67 bits per heavy atom. The number of likely N-dealkylation sites (N-methyl/N-ethyl adjacent to an activating group) is 1. The van der Waals surface area contributed by atoms with Crippen molar-refractivity contribution < 1.29 is 14.3 Å². The highest BCUT2D eigenvalue weighted by Crippen LogP contribution is 2.09. The summed E-state index contributed by atoms with van der Waals surface area (Å²) in [5.74, 6) is -0.176. The van der Waals surface area contributed by atoms with Crippen LogP contribution in [0.15, 0.2) is 24.3 Å². The highest BCUT2D eigenvalue weighted by molar-refractivity contribution is 5.77. The van der Waals surface area contributed by atoms with Crippen molar-refractivity contribution in [2.24, 2.45) is 0 Å². The van der Waals surface area contributed by atoms with Crippen LogP contribution in [0.3, 0.4) is 0 Å². The monoisotopic (exact) mass is 334 g/mol. The molecular formula is C19H30N2O3. The lowest BCUT2D eigenvalue weighted by Gasteiger charge is -2.24. The number of carbonyl (C=O) groups excluding carboxylic acids is 2. The minimum Gasteiger partial charge on any atom is -0.469 e. The molecule has 0 atom stereocenters. The molecule has 0 saturated heterocycles. The lowest BCUT2D eigenvalue weighted by molar-refractivity contribution is -0.141. The van der Waals surface area contributed by atoms with E-state index in [0.717, 1.165) is 19.4 Å². The Morgan fingerprint density at radius 3 is 2.25 bits per heavy atom. The minimum absolute atomic E-state index is 0.105. The highest BCUT2D eigenvalue weighted by atomic mass is 16.5. The largest absolute Gasteiger partial charge is 0.469 e. The number of nitrogens with zero attached hydrogens (tertiary/aromatic N) is 2. The van der Waals surface area contributed by atoms with E-state index in [1.165, 1.54) is 18.2 Å². The Labute approximate surface area is 145 Å². The molecular weight excluding hydrogens is 304 g/mol. The van der Waals surface area contributed by atoms with Gasteiger partial charge in [0.2, 0.25) is 5.91 Å². The van der Waals surface area contributed by atoms with E-state index in [4.69, 9.17) is 0 Å². The average Bonchev–Trinajstić information content (AvgIpc) is 2.56. The zero-order chi connectivity index (χ0) is 17.9. The third-order valence-corrected chi connectivity index (χ3v) is 3.96. The molecule has 0 aliphatic rings. The van der Waals surface area contributed by atoms with E-state index in [9.17, 15) is 9.59 Å². The summed E-state index contributed by atoms with van der Waals surface area (Å²) in [6.07, 6.45) is 2.46. The molecule has 0 fully saturated rings. The SMILES string of the molecule is COC(=O)CCN(CCN(C)C)C(=O)CCCc1ccc(C)cc1. The number of benzene rings is 1. The number of carbonyl (C=O) groups is 2. The van der Waals surface area contributed by atoms with E-state index in [0.29, 0.717) is 19.5 Å². The number of hydrogen-bond acceptors (Lipinski definition) is 4. The van der Waals surface area contributed by atoms with Gasteiger partial charge in [0, 0.05) is 26.1 Å². The predicted molar refractivity (Wildman–Crippen MR) is 95.9 cm³/mol. The summed E-state index contributed by atoms with van der Waals surface area (Å²) in [5.41, 5.74) is 2.50. The van der Waals surface area contributed by atoms with Crippen molar-refractivity contribution in [2.75, 3.05) is 40.8 Å². The normalized spacial score (nSPS) is 10.7. The van der Waals surface area contributed by atoms with Crippen molar-refractivity contribution in [3.05, 3.63) is 35.4 Å². The van der Waals surface area contributed by atoms with Crippen LogP contribution in [0.2, 0.25) is 0 Å². The second-order valence-corrected chi connectivity index (χ2v) is 6.35. The molecule has 0 aromatic heterocycles. The van der Waals surface area contributed by atoms with Crippen LogP contribution in [0.5, 0.6) is 0 Å². The molecule has 0 spiro atoms. The second-order valence-electron chi connectivity index (χ2n) is 6.35. The lowest BCUT2D eigenvalue weighted by atomic mass is 10.1. The minimum atomic E-state index is -0.280. The Morgan fingerprint density at radius 1 is 1.00 bits per heavy atom. The molecule has 134 valence electrons. The summed E-state index contributed by atoms with van der Waals surface area (Å²) >= 11 is 0. The van der Waals surface area contributed by atoms with Gasteiger partial charge >= 0.3 is 5.97 Å². The van der Waals surface area contributed by atoms with Gasteiger partial charge in [0.25, 0.3) is 0 Å². The van der Waals surface area contributed by atoms with Gasteiger partial charge in [-0.25, -0.2) is 0 Å². The number of esters is 1. The lowest BCUT2D eigenvalue weighted by Crippen LogP contribution is -2.38. The molecule has 5 nitrogen and oxygen atoms in total. The van der Waals surface area contributed by atoms with Gasteiger partial charge in [0.1, 0.15) is 0 Å². The standard InChI is InChI=1S/C19H30N2O3/c1-16-8-10-17(11-9-16)6-5-7-18(22)21(15-14-20(2)3)13-12-19(23)24-4/h8-11H,5-7,12-15H2,1-4H3. The zero-order valence-electron chi connectivity index (χ0n) is 15.4. The molecule has 0 aliphatic heterocycles. The predicted octanol–water partition coefficient (Wildman–Crippen LogP) is 2.27. The third kappa shape index (κ3) is 8.11. The summed E-state index contributed by atoms with van der Waals surface area (Å²) in [6.45, 7) is 3.90. The molecule has 0 N–H and O–H groups in total. The number of methoxy groups -OCH3 is 1. The van der Waals surface area contributed by atoms with Gasteiger partial charge in [-0.15, -0.1) is 0 Å². The number of aryl methyl sites for hydroxylation is 2. The molecule has 0 heterocycles. The van der Waals surface area contributed by atoms with Gasteiger partial charge in [-0.3, -0.25) is 9.59 Å². The molecule has 1 aromatic carbocycles. The van der Waals surface area contributed by atoms with Crippen LogP contribution in [0.25, 0.3) is 0 Å². The first kappa shape index (κ1) is 20.2. The van der Waals surface area contributed by atoms with Gasteiger partial charge in [0.05, 0.1) is 13.5 Å². The fraction of sp³-hybridized carbons (Fsp3) is 0.579. The summed E-state index contributed by atoms with van der Waals surface area (Å²) in [7, 11) is 5.32. The maximum absolute atomic E-state index is 12.5. The van der Waals surface area contributed by atoms with Crippen molar-refractivity contribution in [2.45, 2.75) is 32.6 Å². The van der Waals surface area contributed by atoms with Crippen LogP contribution in [0.4, 0.5) is 0 Å². The summed E-state index contributed by atoms with van der Waals surface area (Å²) in [6, 6.07) is 8.41. The molecule has 5 heteroatoms. The maximum atomic E-state index is 12.5. The average molecular weight is 334 g/mol. The van der Waals surface area contributed by atoms with Crippen LogP contribution in [-0.4, -0.2) is 62.5 Å². The van der Waals surface area contributed by atoms with E-state index in [1.54, 1.807) is 4.90 Å². The summed E-state index contributed by atoms with van der Waals surface area (Å²) in [5, 5.41) is 0. The van der Waals surface area contributed by atoms with E-state index >= 15 is 0 Å². The Kier molecular flexibility index (Phi) is 9.08. The summed E-state index contributed by atoms with van der Waals surface area (Å²) < 4.78 is 4.67. The van der Waals surface area contributed by atoms with Crippen molar-refractivity contribution in [3.63, 3.8) is 0 Å². The van der Waals surface area contributed by atoms with E-state index in [2.05, 4.69) is 35.9 Å². The Bertz CT molecular complexity index is 512. The summed E-state index contributed by atoms with van der Waals surface area (Å²) in [4.78, 5) is 27.6. The van der Waals surface area contributed by atoms with Crippen LogP contribution >= 0.6 is 0 Å². The number of ether oxygens (including phenoxy) is 1. The van der Waals surface area contributed by atoms with Gasteiger partial charge in [-0.1, -0.05) is 29.8 Å². The van der Waals surface area contributed by atoms with Gasteiger partial charge < -0.3 is 14.5 Å². The Balaban J connectivity index is 2.46. The first-order valence-electron chi connectivity index (χ1n) is 8.47. The van der Waals surface area contributed by atoms with Crippen molar-refractivity contribution >= 4 is 11.9 Å². The van der Waals surface area contributed by atoms with E-state index in [-0.39, 0.29) is 18.3 Å². The van der Waals surface area contributed by atoms with Crippen molar-refractivity contribution in [1.29, 1.82) is 0 Å². The van der Waals surface area contributed by atoms with E-state index < -0.39 is 0 Å². The number of amides is 1. The molecule has 0 unspecified atom stereocenters. The molecule has 1 amide bonds. The van der Waals surface area contributed by atoms with Gasteiger partial charge in [-0.2, -0.15) is 0 Å². The molecule has 24 heavy (non-hydrogen) atoms. The first-order valence-corrected chi connectivity index (χ1v) is 8.47.